The average molecular weight is 458 g/mol. The van der Waals surface area contributed by atoms with E-state index in [9.17, 15) is 13.6 Å². The number of ether oxygens (including phenoxy) is 1. The first kappa shape index (κ1) is 24.2. The van der Waals surface area contributed by atoms with Gasteiger partial charge in [0, 0.05) is 25.4 Å². The van der Waals surface area contributed by atoms with E-state index < -0.39 is 6.43 Å². The van der Waals surface area contributed by atoms with Crippen LogP contribution in [0.3, 0.4) is 0 Å². The second-order valence-corrected chi connectivity index (χ2v) is 8.16. The maximum absolute atomic E-state index is 13.2. The summed E-state index contributed by atoms with van der Waals surface area (Å²) in [6.45, 7) is 7.69. The van der Waals surface area contributed by atoms with Crippen molar-refractivity contribution in [2.75, 3.05) is 0 Å². The number of hydrogen-bond acceptors (Lipinski definition) is 5. The van der Waals surface area contributed by atoms with Crippen LogP contribution in [0.1, 0.15) is 44.1 Å². The number of rotatable bonds is 7. The largest absolute Gasteiger partial charge is 0.492 e. The molecule has 33 heavy (non-hydrogen) atoms. The summed E-state index contributed by atoms with van der Waals surface area (Å²) >= 11 is 0. The summed E-state index contributed by atoms with van der Waals surface area (Å²) in [4.78, 5) is 11.6. The third-order valence-corrected chi connectivity index (χ3v) is 5.40. The minimum absolute atomic E-state index is 0.0595. The van der Waals surface area contributed by atoms with E-state index in [1.807, 2.05) is 39.8 Å². The Labute approximate surface area is 191 Å². The van der Waals surface area contributed by atoms with Crippen molar-refractivity contribution in [3.8, 4) is 0 Å². The number of aromatic nitrogens is 4. The Balaban J connectivity index is 1.75. The zero-order chi connectivity index (χ0) is 24.1. The van der Waals surface area contributed by atoms with Crippen molar-refractivity contribution in [3.05, 3.63) is 81.3 Å². The number of alkyl halides is 2. The lowest BCUT2D eigenvalue weighted by Gasteiger charge is -2.18. The molecule has 176 valence electrons. The van der Waals surface area contributed by atoms with Gasteiger partial charge in [0.25, 0.3) is 6.43 Å². The predicted molar refractivity (Wildman–Crippen MR) is 124 cm³/mol. The second-order valence-electron chi connectivity index (χ2n) is 8.16. The fourth-order valence-electron chi connectivity index (χ4n) is 3.38. The van der Waals surface area contributed by atoms with Crippen molar-refractivity contribution in [1.29, 1.82) is 0 Å². The summed E-state index contributed by atoms with van der Waals surface area (Å²) in [6.07, 6.45) is 6.36. The van der Waals surface area contributed by atoms with E-state index in [1.54, 1.807) is 30.1 Å². The molecule has 0 spiro atoms. The van der Waals surface area contributed by atoms with Crippen LogP contribution in [0.4, 0.5) is 8.78 Å². The van der Waals surface area contributed by atoms with E-state index >= 15 is 0 Å². The van der Waals surface area contributed by atoms with Crippen LogP contribution in [-0.2, 0) is 18.4 Å². The summed E-state index contributed by atoms with van der Waals surface area (Å²) in [5, 5.41) is 11.5. The second kappa shape index (κ2) is 10.4. The van der Waals surface area contributed by atoms with E-state index in [0.717, 1.165) is 16.8 Å². The van der Waals surface area contributed by atoms with Crippen molar-refractivity contribution >= 4 is 11.4 Å². The maximum Gasteiger partial charge on any atom is 0.260 e. The van der Waals surface area contributed by atoms with Crippen LogP contribution in [-0.4, -0.2) is 32.0 Å². The smallest absolute Gasteiger partial charge is 0.260 e. The first-order valence-electron chi connectivity index (χ1n) is 10.7. The van der Waals surface area contributed by atoms with Crippen LogP contribution in [0.15, 0.2) is 58.8 Å². The number of hydrogen-bond donors (Lipinski definition) is 1. The Hall–Kier alpha value is -3.49. The monoisotopic (exact) mass is 457 g/mol. The molecule has 0 radical (unpaired) electrons. The molecule has 2 aromatic rings. The van der Waals surface area contributed by atoms with Gasteiger partial charge in [0.15, 0.2) is 0 Å². The SMILES string of the molecule is C/C(=C\C=C(/C)c1ccc(=O)n(C)c1)OCc1c(C)nnn1C1=CC=C(C(F)F)CC(C)N1. The van der Waals surface area contributed by atoms with Crippen LogP contribution in [0, 0.1) is 6.92 Å². The third kappa shape index (κ3) is 6.06. The summed E-state index contributed by atoms with van der Waals surface area (Å²) in [5.41, 5.74) is 3.37. The minimum atomic E-state index is -2.49. The molecule has 7 nitrogen and oxygen atoms in total. The van der Waals surface area contributed by atoms with Gasteiger partial charge < -0.3 is 14.6 Å². The average Bonchev–Trinajstić information content (AvgIpc) is 3.01. The molecule has 0 saturated heterocycles. The molecule has 3 heterocycles. The molecule has 0 aliphatic carbocycles. The van der Waals surface area contributed by atoms with Crippen molar-refractivity contribution in [2.24, 2.45) is 7.05 Å². The summed E-state index contributed by atoms with van der Waals surface area (Å²) < 4.78 is 35.4. The standard InChI is InChI=1S/C24H29F2N5O2/c1-15(20-9-11-23(32)30(5)13-20)6-7-17(3)33-14-21-18(4)28-29-31(21)22-10-8-19(24(25)26)12-16(2)27-22/h6-11,13,16,24,27H,12,14H2,1-5H3/b15-6+,17-7+. The van der Waals surface area contributed by atoms with Crippen LogP contribution in [0.25, 0.3) is 11.4 Å². The first-order chi connectivity index (χ1) is 15.7. The van der Waals surface area contributed by atoms with Gasteiger partial charge in [-0.05, 0) is 69.0 Å². The lowest BCUT2D eigenvalue weighted by molar-refractivity contribution is 0.183. The zero-order valence-corrected chi connectivity index (χ0v) is 19.5. The van der Waals surface area contributed by atoms with Gasteiger partial charge in [-0.2, -0.15) is 4.68 Å². The van der Waals surface area contributed by atoms with Gasteiger partial charge in [-0.25, -0.2) is 8.78 Å². The Morgan fingerprint density at radius 2 is 2.06 bits per heavy atom. The summed E-state index contributed by atoms with van der Waals surface area (Å²) in [6, 6.07) is 3.14. The lowest BCUT2D eigenvalue weighted by Crippen LogP contribution is -2.28. The Kier molecular flexibility index (Phi) is 7.63. The van der Waals surface area contributed by atoms with E-state index in [0.29, 0.717) is 17.3 Å². The highest BCUT2D eigenvalue weighted by Gasteiger charge is 2.20. The molecule has 1 atom stereocenters. The Morgan fingerprint density at radius 1 is 1.30 bits per heavy atom. The Bertz CT molecular complexity index is 1190. The number of nitrogens with one attached hydrogen (secondary N) is 1. The number of halogens is 2. The quantitative estimate of drug-likeness (QED) is 0.499. The third-order valence-electron chi connectivity index (χ3n) is 5.40. The maximum atomic E-state index is 13.2. The van der Waals surface area contributed by atoms with Gasteiger partial charge in [-0.3, -0.25) is 4.79 Å². The number of pyridine rings is 1. The van der Waals surface area contributed by atoms with Crippen molar-refractivity contribution in [2.45, 2.75) is 53.2 Å². The molecule has 9 heteroatoms. The van der Waals surface area contributed by atoms with Crippen LogP contribution >= 0.6 is 0 Å². The fraction of sp³-hybridized carbons (Fsp3) is 0.375. The van der Waals surface area contributed by atoms with Crippen molar-refractivity contribution in [3.63, 3.8) is 0 Å². The van der Waals surface area contributed by atoms with Crippen LogP contribution in [0.5, 0.6) is 0 Å². The minimum Gasteiger partial charge on any atom is -0.492 e. The number of aryl methyl sites for hydroxylation is 2. The Morgan fingerprint density at radius 3 is 2.76 bits per heavy atom. The topological polar surface area (TPSA) is 74.0 Å². The molecule has 1 N–H and O–H groups in total. The molecule has 3 rings (SSSR count). The molecular formula is C24H29F2N5O2. The van der Waals surface area contributed by atoms with E-state index in [1.165, 1.54) is 16.7 Å². The van der Waals surface area contributed by atoms with Crippen LogP contribution < -0.4 is 10.9 Å². The van der Waals surface area contributed by atoms with Gasteiger partial charge >= 0.3 is 0 Å². The molecular weight excluding hydrogens is 428 g/mol. The fourth-order valence-corrected chi connectivity index (χ4v) is 3.38. The molecule has 0 bridgehead atoms. The molecule has 0 amide bonds. The molecule has 0 aromatic carbocycles. The molecule has 0 saturated carbocycles. The van der Waals surface area contributed by atoms with Gasteiger partial charge in [0.1, 0.15) is 18.1 Å². The molecule has 1 unspecified atom stereocenters. The van der Waals surface area contributed by atoms with Gasteiger partial charge in [-0.1, -0.05) is 17.4 Å². The normalized spacial score (nSPS) is 17.4. The van der Waals surface area contributed by atoms with Gasteiger partial charge in [0.05, 0.1) is 11.5 Å². The zero-order valence-electron chi connectivity index (χ0n) is 19.5. The highest BCUT2D eigenvalue weighted by atomic mass is 19.3. The number of nitrogens with zero attached hydrogens (tertiary/aromatic N) is 4. The molecule has 0 fully saturated rings. The first-order valence-corrected chi connectivity index (χ1v) is 10.7. The van der Waals surface area contributed by atoms with E-state index in [4.69, 9.17) is 4.74 Å². The summed E-state index contributed by atoms with van der Waals surface area (Å²) in [5.74, 6) is 1.26. The van der Waals surface area contributed by atoms with Gasteiger partial charge in [0.2, 0.25) is 5.56 Å². The van der Waals surface area contributed by atoms with Crippen molar-refractivity contribution in [1.82, 2.24) is 24.9 Å². The van der Waals surface area contributed by atoms with E-state index in [2.05, 4.69) is 15.6 Å². The highest BCUT2D eigenvalue weighted by Crippen LogP contribution is 2.21. The molecule has 1 aliphatic heterocycles. The number of allylic oxidation sites excluding steroid dienone is 6. The predicted octanol–water partition coefficient (Wildman–Crippen LogP) is 4.18. The highest BCUT2D eigenvalue weighted by molar-refractivity contribution is 5.64. The summed E-state index contributed by atoms with van der Waals surface area (Å²) in [7, 11) is 1.71. The molecule has 1 aliphatic rings. The van der Waals surface area contributed by atoms with Crippen molar-refractivity contribution < 1.29 is 13.5 Å². The van der Waals surface area contributed by atoms with E-state index in [-0.39, 0.29) is 30.2 Å². The lowest BCUT2D eigenvalue weighted by atomic mass is 10.1. The van der Waals surface area contributed by atoms with Crippen LogP contribution in [0.2, 0.25) is 0 Å². The van der Waals surface area contributed by atoms with Gasteiger partial charge in [-0.15, -0.1) is 5.10 Å². The molecule has 2 aromatic heterocycles.